The third-order valence-corrected chi connectivity index (χ3v) is 5.60. The number of ether oxygens (including phenoxy) is 1. The van der Waals surface area contributed by atoms with E-state index in [-0.39, 0.29) is 24.5 Å². The Morgan fingerprint density at radius 2 is 2.03 bits per heavy atom. The van der Waals surface area contributed by atoms with E-state index in [1.54, 1.807) is 36.7 Å². The average molecular weight is 444 g/mol. The van der Waals surface area contributed by atoms with Gasteiger partial charge in [0.25, 0.3) is 11.8 Å². The number of hydrogen-bond acceptors (Lipinski definition) is 7. The van der Waals surface area contributed by atoms with E-state index < -0.39 is 0 Å². The highest BCUT2D eigenvalue weighted by Crippen LogP contribution is 2.21. The van der Waals surface area contributed by atoms with Gasteiger partial charge in [-0.3, -0.25) is 24.5 Å². The van der Waals surface area contributed by atoms with Crippen molar-refractivity contribution in [3.63, 3.8) is 0 Å². The Morgan fingerprint density at radius 1 is 1.27 bits per heavy atom. The first-order chi connectivity index (χ1) is 16.1. The summed E-state index contributed by atoms with van der Waals surface area (Å²) in [6, 6.07) is 8.64. The van der Waals surface area contributed by atoms with Crippen LogP contribution >= 0.6 is 0 Å². The number of nitrogens with two attached hydrogens (primary N) is 1. The van der Waals surface area contributed by atoms with Crippen molar-refractivity contribution in [1.82, 2.24) is 9.88 Å². The summed E-state index contributed by atoms with van der Waals surface area (Å²) in [6.45, 7) is 3.26. The molecule has 0 spiro atoms. The average Bonchev–Trinajstić information content (AvgIpc) is 3.08. The molecule has 33 heavy (non-hydrogen) atoms. The van der Waals surface area contributed by atoms with Crippen LogP contribution in [0.15, 0.2) is 46.6 Å². The highest BCUT2D eigenvalue weighted by Gasteiger charge is 2.34. The van der Waals surface area contributed by atoms with Crippen LogP contribution in [0.4, 0.5) is 0 Å². The zero-order valence-electron chi connectivity index (χ0n) is 18.5. The second kappa shape index (κ2) is 10.2. The smallest absolute Gasteiger partial charge is 0.262 e. The van der Waals surface area contributed by atoms with E-state index in [9.17, 15) is 9.59 Å². The zero-order chi connectivity index (χ0) is 23.2. The Labute approximate surface area is 192 Å². The first-order valence-corrected chi connectivity index (χ1v) is 10.9. The lowest BCUT2D eigenvalue weighted by atomic mass is 10.1. The van der Waals surface area contributed by atoms with Crippen LogP contribution in [-0.2, 0) is 4.74 Å². The van der Waals surface area contributed by atoms with Gasteiger partial charge in [-0.15, -0.1) is 0 Å². The number of hydrogen-bond donors (Lipinski definition) is 1. The van der Waals surface area contributed by atoms with Gasteiger partial charge in [0.2, 0.25) is 0 Å². The van der Waals surface area contributed by atoms with Gasteiger partial charge >= 0.3 is 0 Å². The second-order valence-electron chi connectivity index (χ2n) is 7.93. The molecule has 2 N–H and O–H groups in total. The van der Waals surface area contributed by atoms with Crippen LogP contribution in [0.3, 0.4) is 0 Å². The van der Waals surface area contributed by atoms with Crippen LogP contribution in [0.5, 0.6) is 0 Å². The summed E-state index contributed by atoms with van der Waals surface area (Å²) in [6.07, 6.45) is 6.66. The fourth-order valence-corrected chi connectivity index (χ4v) is 3.88. The third kappa shape index (κ3) is 4.99. The Kier molecular flexibility index (Phi) is 6.91. The molecule has 168 valence electrons. The topological polar surface area (TPSA) is 110 Å². The molecule has 2 amide bonds. The maximum atomic E-state index is 12.4. The van der Waals surface area contributed by atoms with Gasteiger partial charge in [-0.1, -0.05) is 24.0 Å². The summed E-state index contributed by atoms with van der Waals surface area (Å²) in [5.74, 6) is 10.8. The molecule has 8 nitrogen and oxygen atoms in total. The summed E-state index contributed by atoms with van der Waals surface area (Å²) in [4.78, 5) is 34.9. The van der Waals surface area contributed by atoms with E-state index in [1.165, 1.54) is 0 Å². The minimum Gasteiger partial charge on any atom is -0.376 e. The lowest BCUT2D eigenvalue weighted by molar-refractivity contribution is 0.0226. The molecule has 4 rings (SSSR count). The van der Waals surface area contributed by atoms with Crippen molar-refractivity contribution in [3.8, 4) is 11.8 Å². The standard InChI is InChI=1S/C25H25N5O3/c1-17-13-18(7-6-11-30-24(31)20-9-2-3-10-21(20)25(30)32)14-28-23(17)22(29-26)16-27-15-19-8-4-5-12-33-19/h2-3,9-10,13-14,16,19H,4-5,8,11-12,15,26H2,1H3/b27-16?,29-22+. The summed E-state index contributed by atoms with van der Waals surface area (Å²) >= 11 is 0. The highest BCUT2D eigenvalue weighted by molar-refractivity contribution is 6.37. The minimum absolute atomic E-state index is 0.0124. The molecular weight excluding hydrogens is 418 g/mol. The van der Waals surface area contributed by atoms with Gasteiger partial charge in [0.1, 0.15) is 5.71 Å². The number of carbonyl (C=O) groups excluding carboxylic acids is 2. The molecule has 8 heteroatoms. The van der Waals surface area contributed by atoms with Crippen molar-refractivity contribution in [2.75, 3.05) is 19.7 Å². The fraction of sp³-hybridized carbons (Fsp3) is 0.320. The molecule has 0 radical (unpaired) electrons. The van der Waals surface area contributed by atoms with E-state index in [4.69, 9.17) is 10.6 Å². The minimum atomic E-state index is -0.323. The first kappa shape index (κ1) is 22.4. The largest absolute Gasteiger partial charge is 0.376 e. The molecule has 1 fully saturated rings. The van der Waals surface area contributed by atoms with Gasteiger partial charge in [0.15, 0.2) is 0 Å². The number of pyridine rings is 1. The summed E-state index contributed by atoms with van der Waals surface area (Å²) < 4.78 is 5.68. The lowest BCUT2D eigenvalue weighted by Crippen LogP contribution is -2.30. The van der Waals surface area contributed by atoms with E-state index in [1.807, 2.05) is 13.0 Å². The van der Waals surface area contributed by atoms with Crippen LogP contribution < -0.4 is 5.84 Å². The molecule has 2 aromatic rings. The molecule has 0 bridgehead atoms. The van der Waals surface area contributed by atoms with Gasteiger partial charge in [-0.2, -0.15) is 5.10 Å². The van der Waals surface area contributed by atoms with E-state index in [0.29, 0.717) is 34.6 Å². The number of aliphatic imine (C=N–C) groups is 1. The predicted octanol–water partition coefficient (Wildman–Crippen LogP) is 2.34. The number of nitrogens with zero attached hydrogens (tertiary/aromatic N) is 4. The molecule has 3 heterocycles. The van der Waals surface area contributed by atoms with E-state index in [2.05, 4.69) is 26.9 Å². The van der Waals surface area contributed by atoms with Crippen molar-refractivity contribution in [3.05, 3.63) is 64.5 Å². The molecule has 2 aliphatic rings. The Bertz CT molecular complexity index is 1150. The van der Waals surface area contributed by atoms with Gasteiger partial charge in [-0.05, 0) is 49.9 Å². The van der Waals surface area contributed by atoms with Crippen LogP contribution in [0.25, 0.3) is 0 Å². The first-order valence-electron chi connectivity index (χ1n) is 10.9. The fourth-order valence-electron chi connectivity index (χ4n) is 3.88. The van der Waals surface area contributed by atoms with E-state index in [0.717, 1.165) is 36.3 Å². The van der Waals surface area contributed by atoms with Crippen molar-refractivity contribution < 1.29 is 14.3 Å². The van der Waals surface area contributed by atoms with Crippen molar-refractivity contribution in [2.45, 2.75) is 32.3 Å². The molecule has 1 aromatic heterocycles. The maximum absolute atomic E-state index is 12.4. The maximum Gasteiger partial charge on any atom is 0.262 e. The number of hydrazone groups is 1. The van der Waals surface area contributed by atoms with Crippen molar-refractivity contribution >= 4 is 23.7 Å². The molecule has 1 saturated heterocycles. The molecule has 1 unspecified atom stereocenters. The Hall–Kier alpha value is -3.83. The van der Waals surface area contributed by atoms with Gasteiger partial charge in [-0.25, -0.2) is 0 Å². The van der Waals surface area contributed by atoms with Crippen LogP contribution in [0, 0.1) is 18.8 Å². The van der Waals surface area contributed by atoms with Crippen LogP contribution in [0.2, 0.25) is 0 Å². The SMILES string of the molecule is Cc1cc(C#CCN2C(=O)c3ccccc3C2=O)cnc1/C(C=NCC1CCCCO1)=N/N. The quantitative estimate of drug-likeness (QED) is 0.251. The third-order valence-electron chi connectivity index (χ3n) is 5.60. The van der Waals surface area contributed by atoms with Gasteiger partial charge in [0.05, 0.1) is 42.2 Å². The number of rotatable bonds is 5. The predicted molar refractivity (Wildman–Crippen MR) is 125 cm³/mol. The molecule has 2 aliphatic heterocycles. The summed E-state index contributed by atoms with van der Waals surface area (Å²) in [5.41, 5.74) is 3.43. The zero-order valence-corrected chi connectivity index (χ0v) is 18.5. The van der Waals surface area contributed by atoms with Crippen molar-refractivity contribution in [1.29, 1.82) is 0 Å². The van der Waals surface area contributed by atoms with Crippen LogP contribution in [0.1, 0.15) is 56.8 Å². The summed E-state index contributed by atoms with van der Waals surface area (Å²) in [5, 5.41) is 3.83. The Morgan fingerprint density at radius 3 is 2.67 bits per heavy atom. The van der Waals surface area contributed by atoms with Crippen LogP contribution in [-0.4, -0.2) is 59.4 Å². The highest BCUT2D eigenvalue weighted by atomic mass is 16.5. The molecule has 0 aliphatic carbocycles. The number of aromatic nitrogens is 1. The molecule has 1 atom stereocenters. The van der Waals surface area contributed by atoms with Crippen molar-refractivity contribution in [2.24, 2.45) is 15.9 Å². The Balaban J connectivity index is 1.40. The van der Waals surface area contributed by atoms with Gasteiger partial charge < -0.3 is 10.6 Å². The number of fused-ring (bicyclic) bond motifs is 1. The number of aryl methyl sites for hydroxylation is 1. The monoisotopic (exact) mass is 443 g/mol. The molecule has 1 aromatic carbocycles. The molecule has 0 saturated carbocycles. The number of amides is 2. The number of benzene rings is 1. The number of carbonyl (C=O) groups is 2. The second-order valence-corrected chi connectivity index (χ2v) is 7.93. The summed E-state index contributed by atoms with van der Waals surface area (Å²) in [7, 11) is 0. The normalized spacial score (nSPS) is 18.4. The molecular formula is C25H25N5O3. The lowest BCUT2D eigenvalue weighted by Gasteiger charge is -2.20. The van der Waals surface area contributed by atoms with Gasteiger partial charge in [0, 0.05) is 18.4 Å². The number of imide groups is 1. The van der Waals surface area contributed by atoms with E-state index >= 15 is 0 Å².